The Labute approximate surface area is 159 Å². The molecule has 0 saturated carbocycles. The molecule has 3 aromatic heterocycles. The third-order valence-electron chi connectivity index (χ3n) is 3.44. The molecule has 0 N–H and O–H groups in total. The van der Waals surface area contributed by atoms with Crippen LogP contribution in [0.2, 0.25) is 0 Å². The first-order valence-electron chi connectivity index (χ1n) is 8.14. The van der Waals surface area contributed by atoms with Gasteiger partial charge in [-0.25, -0.2) is 0 Å². The maximum absolute atomic E-state index is 11.3. The van der Waals surface area contributed by atoms with Crippen molar-refractivity contribution < 1.29 is 22.8 Å². The van der Waals surface area contributed by atoms with Crippen molar-refractivity contribution in [3.05, 3.63) is 67.4 Å². The molecule has 5 nitrogen and oxygen atoms in total. The molecule has 28 heavy (non-hydrogen) atoms. The molecule has 0 radical (unpaired) electrons. The lowest BCUT2D eigenvalue weighted by Gasteiger charge is -2.07. The predicted molar refractivity (Wildman–Crippen MR) is 97.1 cm³/mol. The second-order valence-corrected chi connectivity index (χ2v) is 5.68. The summed E-state index contributed by atoms with van der Waals surface area (Å²) >= 11 is 0. The van der Waals surface area contributed by atoms with E-state index in [1.165, 1.54) is 0 Å². The summed E-state index contributed by atoms with van der Waals surface area (Å²) < 4.78 is 33.9. The monoisotopic (exact) mass is 387 g/mol. The molecule has 3 heterocycles. The molecule has 0 unspecified atom stereocenters. The summed E-state index contributed by atoms with van der Waals surface area (Å²) in [6.07, 6.45) is 3.07. The van der Waals surface area contributed by atoms with Crippen molar-refractivity contribution in [2.45, 2.75) is 19.5 Å². The Hall–Kier alpha value is -3.42. The molecular formula is C20H16F3N3O2. The molecule has 0 amide bonds. The maximum Gasteiger partial charge on any atom is 0.450 e. The second-order valence-electron chi connectivity index (χ2n) is 5.68. The first-order chi connectivity index (χ1) is 13.3. The molecule has 3 rings (SSSR count). The minimum atomic E-state index is -4.87. The van der Waals surface area contributed by atoms with E-state index in [2.05, 4.69) is 15.0 Å². The number of ketones is 2. The van der Waals surface area contributed by atoms with Crippen LogP contribution in [0.1, 0.15) is 13.3 Å². The van der Waals surface area contributed by atoms with Crippen LogP contribution in [-0.4, -0.2) is 32.7 Å². The Morgan fingerprint density at radius 1 is 0.893 bits per heavy atom. The molecule has 0 aliphatic heterocycles. The van der Waals surface area contributed by atoms with E-state index in [-0.39, 0.29) is 0 Å². The van der Waals surface area contributed by atoms with Gasteiger partial charge in [-0.3, -0.25) is 24.5 Å². The van der Waals surface area contributed by atoms with E-state index in [4.69, 9.17) is 0 Å². The van der Waals surface area contributed by atoms with Gasteiger partial charge in [-0.1, -0.05) is 12.1 Å². The molecule has 0 fully saturated rings. The zero-order valence-electron chi connectivity index (χ0n) is 14.8. The number of rotatable bonds is 4. The van der Waals surface area contributed by atoms with Gasteiger partial charge in [-0.05, 0) is 31.2 Å². The SMILES string of the molecule is CC(=O)CC(=O)C(F)(F)F.c1cncc(-c2cccnc2-c2cccnc2)c1. The highest BCUT2D eigenvalue weighted by Gasteiger charge is 2.38. The zero-order valence-corrected chi connectivity index (χ0v) is 14.8. The summed E-state index contributed by atoms with van der Waals surface area (Å²) in [5.74, 6) is -2.76. The topological polar surface area (TPSA) is 72.8 Å². The third-order valence-corrected chi connectivity index (χ3v) is 3.44. The van der Waals surface area contributed by atoms with Crippen LogP contribution < -0.4 is 0 Å². The van der Waals surface area contributed by atoms with Crippen LogP contribution in [0, 0.1) is 0 Å². The van der Waals surface area contributed by atoms with Gasteiger partial charge < -0.3 is 0 Å². The van der Waals surface area contributed by atoms with E-state index in [0.29, 0.717) is 0 Å². The fraction of sp³-hybridized carbons (Fsp3) is 0.150. The Bertz CT molecular complexity index is 872. The van der Waals surface area contributed by atoms with Crippen LogP contribution in [0.25, 0.3) is 22.4 Å². The number of aromatic nitrogens is 3. The molecule has 0 aromatic carbocycles. The standard InChI is InChI=1S/C15H11N3.C5H5F3O2/c1-4-12(10-16-7-1)14-6-3-9-18-15(14)13-5-2-8-17-11-13;1-3(9)2-4(10)5(6,7)8/h1-11H;2H2,1H3. The summed E-state index contributed by atoms with van der Waals surface area (Å²) in [5, 5.41) is 0. The van der Waals surface area contributed by atoms with Crippen molar-refractivity contribution >= 4 is 11.6 Å². The smallest absolute Gasteiger partial charge is 0.300 e. The van der Waals surface area contributed by atoms with Crippen LogP contribution in [-0.2, 0) is 9.59 Å². The van der Waals surface area contributed by atoms with Crippen LogP contribution in [0.3, 0.4) is 0 Å². The number of hydrogen-bond donors (Lipinski definition) is 0. The molecule has 8 heteroatoms. The molecule has 0 spiro atoms. The van der Waals surface area contributed by atoms with Crippen LogP contribution in [0.5, 0.6) is 0 Å². The maximum atomic E-state index is 11.3. The summed E-state index contributed by atoms with van der Waals surface area (Å²) in [7, 11) is 0. The van der Waals surface area contributed by atoms with Crippen LogP contribution in [0.15, 0.2) is 67.4 Å². The molecule has 0 aliphatic rings. The number of Topliss-reactive ketones (excluding diaryl/α,β-unsaturated/α-hetero) is 2. The van der Waals surface area contributed by atoms with E-state index in [9.17, 15) is 22.8 Å². The van der Waals surface area contributed by atoms with Crippen LogP contribution in [0.4, 0.5) is 13.2 Å². The number of halogens is 3. The Morgan fingerprint density at radius 3 is 1.93 bits per heavy atom. The van der Waals surface area contributed by atoms with Gasteiger partial charge in [-0.2, -0.15) is 13.2 Å². The van der Waals surface area contributed by atoms with Crippen molar-refractivity contribution in [1.29, 1.82) is 0 Å². The molecule has 0 bridgehead atoms. The molecule has 0 atom stereocenters. The van der Waals surface area contributed by atoms with Gasteiger partial charge >= 0.3 is 6.18 Å². The largest absolute Gasteiger partial charge is 0.450 e. The lowest BCUT2D eigenvalue weighted by molar-refractivity contribution is -0.171. The number of alkyl halides is 3. The van der Waals surface area contributed by atoms with E-state index in [0.717, 1.165) is 29.3 Å². The lowest BCUT2D eigenvalue weighted by Crippen LogP contribution is -2.24. The first-order valence-corrected chi connectivity index (χ1v) is 8.14. The molecular weight excluding hydrogens is 371 g/mol. The van der Waals surface area contributed by atoms with Gasteiger partial charge in [0.25, 0.3) is 0 Å². The Kier molecular flexibility index (Phi) is 7.08. The van der Waals surface area contributed by atoms with Gasteiger partial charge in [0.1, 0.15) is 5.78 Å². The van der Waals surface area contributed by atoms with Crippen LogP contribution >= 0.6 is 0 Å². The number of nitrogens with zero attached hydrogens (tertiary/aromatic N) is 3. The van der Waals surface area contributed by atoms with Crippen molar-refractivity contribution in [3.8, 4) is 22.4 Å². The van der Waals surface area contributed by atoms with Crippen molar-refractivity contribution in [1.82, 2.24) is 15.0 Å². The highest BCUT2D eigenvalue weighted by molar-refractivity contribution is 6.00. The van der Waals surface area contributed by atoms with Gasteiger partial charge in [0.2, 0.25) is 5.78 Å². The number of carbonyl (C=O) groups excluding carboxylic acids is 2. The van der Waals surface area contributed by atoms with Gasteiger partial charge in [-0.15, -0.1) is 0 Å². The minimum absolute atomic E-state index is 0.776. The average molecular weight is 387 g/mol. The lowest BCUT2D eigenvalue weighted by atomic mass is 10.0. The number of carbonyl (C=O) groups is 2. The Morgan fingerprint density at radius 2 is 1.46 bits per heavy atom. The van der Waals surface area contributed by atoms with Gasteiger partial charge in [0, 0.05) is 47.7 Å². The van der Waals surface area contributed by atoms with E-state index in [1.54, 1.807) is 18.6 Å². The zero-order chi connectivity index (χ0) is 20.6. The minimum Gasteiger partial charge on any atom is -0.300 e. The normalized spacial score (nSPS) is 10.6. The van der Waals surface area contributed by atoms with Crippen molar-refractivity contribution in [2.75, 3.05) is 0 Å². The van der Waals surface area contributed by atoms with Gasteiger partial charge in [0.15, 0.2) is 0 Å². The molecule has 3 aromatic rings. The van der Waals surface area contributed by atoms with E-state index >= 15 is 0 Å². The molecule has 0 aliphatic carbocycles. The fourth-order valence-electron chi connectivity index (χ4n) is 2.22. The van der Waals surface area contributed by atoms with Gasteiger partial charge in [0.05, 0.1) is 12.1 Å². The van der Waals surface area contributed by atoms with E-state index < -0.39 is 24.2 Å². The summed E-state index contributed by atoms with van der Waals surface area (Å²) in [6, 6.07) is 11.9. The number of pyridine rings is 3. The predicted octanol–water partition coefficient (Wildman–Crippen LogP) is 4.30. The highest BCUT2D eigenvalue weighted by atomic mass is 19.4. The first kappa shape index (κ1) is 20.9. The Balaban J connectivity index is 0.000000242. The number of hydrogen-bond acceptors (Lipinski definition) is 5. The third kappa shape index (κ3) is 6.08. The summed E-state index contributed by atoms with van der Waals surface area (Å²) in [6.45, 7) is 0.934. The van der Waals surface area contributed by atoms with Crippen molar-refractivity contribution in [3.63, 3.8) is 0 Å². The highest BCUT2D eigenvalue weighted by Crippen LogP contribution is 2.28. The van der Waals surface area contributed by atoms with Crippen molar-refractivity contribution in [2.24, 2.45) is 0 Å². The summed E-state index contributed by atoms with van der Waals surface area (Å²) in [5.41, 5.74) is 4.07. The average Bonchev–Trinajstić information content (AvgIpc) is 2.69. The fourth-order valence-corrected chi connectivity index (χ4v) is 2.22. The van der Waals surface area contributed by atoms with E-state index in [1.807, 2.05) is 48.8 Å². The quantitative estimate of drug-likeness (QED) is 0.624. The molecule has 0 saturated heterocycles. The summed E-state index contributed by atoms with van der Waals surface area (Å²) in [4.78, 5) is 32.7. The molecule has 144 valence electrons. The second kappa shape index (κ2) is 9.50.